The number of rotatable bonds is 1. The third-order valence-corrected chi connectivity index (χ3v) is 3.56. The summed E-state index contributed by atoms with van der Waals surface area (Å²) in [6.45, 7) is 1.35. The van der Waals surface area contributed by atoms with Gasteiger partial charge >= 0.3 is 6.18 Å². The van der Waals surface area contributed by atoms with Gasteiger partial charge in [0.2, 0.25) is 0 Å². The van der Waals surface area contributed by atoms with E-state index in [0.29, 0.717) is 6.54 Å². The highest BCUT2D eigenvalue weighted by atomic mass is 19.4. The van der Waals surface area contributed by atoms with Gasteiger partial charge in [0.05, 0.1) is 0 Å². The van der Waals surface area contributed by atoms with Gasteiger partial charge in [0, 0.05) is 13.0 Å². The van der Waals surface area contributed by atoms with Crippen molar-refractivity contribution in [2.24, 2.45) is 11.3 Å². The van der Waals surface area contributed by atoms with Crippen LogP contribution in [-0.4, -0.2) is 19.3 Å². The molecule has 0 bridgehead atoms. The van der Waals surface area contributed by atoms with Crippen molar-refractivity contribution in [3.8, 4) is 0 Å². The Labute approximate surface area is 75.7 Å². The molecule has 1 N–H and O–H groups in total. The van der Waals surface area contributed by atoms with Gasteiger partial charge in [-0.2, -0.15) is 13.2 Å². The minimum Gasteiger partial charge on any atom is -0.316 e. The van der Waals surface area contributed by atoms with Crippen LogP contribution >= 0.6 is 0 Å². The van der Waals surface area contributed by atoms with Crippen LogP contribution in [0, 0.1) is 11.3 Å². The van der Waals surface area contributed by atoms with Crippen LogP contribution in [0.4, 0.5) is 13.2 Å². The molecule has 1 unspecified atom stereocenters. The molecular formula is C9H14F3N. The second-order valence-electron chi connectivity index (χ2n) is 4.36. The lowest BCUT2D eigenvalue weighted by molar-refractivity contribution is -0.154. The van der Waals surface area contributed by atoms with Gasteiger partial charge in [0.25, 0.3) is 0 Å². The fraction of sp³-hybridized carbons (Fsp3) is 1.00. The zero-order valence-electron chi connectivity index (χ0n) is 7.45. The van der Waals surface area contributed by atoms with Crippen molar-refractivity contribution in [2.45, 2.75) is 31.9 Å². The summed E-state index contributed by atoms with van der Waals surface area (Å²) in [6, 6.07) is 0. The van der Waals surface area contributed by atoms with Crippen molar-refractivity contribution in [3.05, 3.63) is 0 Å². The third kappa shape index (κ3) is 1.68. The molecule has 1 saturated heterocycles. The Morgan fingerprint density at radius 1 is 1.31 bits per heavy atom. The number of alkyl halides is 3. The predicted molar refractivity (Wildman–Crippen MR) is 43.3 cm³/mol. The van der Waals surface area contributed by atoms with Gasteiger partial charge in [-0.15, -0.1) is 0 Å². The number of hydrogen-bond donors (Lipinski definition) is 1. The normalized spacial score (nSPS) is 32.1. The minimum atomic E-state index is -3.99. The smallest absolute Gasteiger partial charge is 0.316 e. The molecule has 1 heterocycles. The summed E-state index contributed by atoms with van der Waals surface area (Å²) in [6.07, 6.45) is -1.50. The van der Waals surface area contributed by atoms with Crippen molar-refractivity contribution in [2.75, 3.05) is 13.1 Å². The second kappa shape index (κ2) is 2.87. The molecule has 13 heavy (non-hydrogen) atoms. The summed E-state index contributed by atoms with van der Waals surface area (Å²) in [5, 5.41) is 3.09. The fourth-order valence-electron chi connectivity index (χ4n) is 2.64. The van der Waals surface area contributed by atoms with Crippen LogP contribution in [-0.2, 0) is 0 Å². The molecule has 0 aromatic heterocycles. The SMILES string of the molecule is FC(F)(F)CC1CNCC12CCC2. The molecule has 0 radical (unpaired) electrons. The van der Waals surface area contributed by atoms with E-state index in [9.17, 15) is 13.2 Å². The van der Waals surface area contributed by atoms with E-state index in [1.54, 1.807) is 0 Å². The minimum absolute atomic E-state index is 0.00944. The lowest BCUT2D eigenvalue weighted by Crippen LogP contribution is -2.39. The Kier molecular flexibility index (Phi) is 2.06. The van der Waals surface area contributed by atoms with E-state index in [0.717, 1.165) is 25.8 Å². The summed E-state index contributed by atoms with van der Waals surface area (Å²) >= 11 is 0. The van der Waals surface area contributed by atoms with Crippen LogP contribution in [0.25, 0.3) is 0 Å². The van der Waals surface area contributed by atoms with E-state index in [2.05, 4.69) is 5.32 Å². The van der Waals surface area contributed by atoms with E-state index < -0.39 is 12.6 Å². The molecule has 1 nitrogen and oxygen atoms in total. The van der Waals surface area contributed by atoms with E-state index in [1.807, 2.05) is 0 Å². The van der Waals surface area contributed by atoms with Crippen molar-refractivity contribution in [3.63, 3.8) is 0 Å². The molecule has 0 aromatic rings. The van der Waals surface area contributed by atoms with Gasteiger partial charge in [0.1, 0.15) is 0 Å². The first-order valence-electron chi connectivity index (χ1n) is 4.79. The zero-order chi connectivity index (χ0) is 9.53. The van der Waals surface area contributed by atoms with Gasteiger partial charge in [-0.25, -0.2) is 0 Å². The highest BCUT2D eigenvalue weighted by Crippen LogP contribution is 2.51. The maximum absolute atomic E-state index is 12.2. The molecule has 1 saturated carbocycles. The van der Waals surface area contributed by atoms with Crippen LogP contribution in [0.5, 0.6) is 0 Å². The van der Waals surface area contributed by atoms with Crippen molar-refractivity contribution in [1.82, 2.24) is 5.32 Å². The van der Waals surface area contributed by atoms with Gasteiger partial charge in [0.15, 0.2) is 0 Å². The monoisotopic (exact) mass is 193 g/mol. The summed E-state index contributed by atoms with van der Waals surface area (Å²) in [5.74, 6) is -0.166. The average molecular weight is 193 g/mol. The van der Waals surface area contributed by atoms with E-state index in [4.69, 9.17) is 0 Å². The van der Waals surface area contributed by atoms with E-state index >= 15 is 0 Å². The van der Waals surface area contributed by atoms with Gasteiger partial charge < -0.3 is 5.32 Å². The first-order chi connectivity index (χ1) is 6.02. The van der Waals surface area contributed by atoms with E-state index in [-0.39, 0.29) is 11.3 Å². The number of hydrogen-bond acceptors (Lipinski definition) is 1. The molecule has 0 amide bonds. The zero-order valence-corrected chi connectivity index (χ0v) is 7.45. The predicted octanol–water partition coefficient (Wildman–Crippen LogP) is 2.33. The summed E-state index contributed by atoms with van der Waals surface area (Å²) in [4.78, 5) is 0. The van der Waals surface area contributed by atoms with Crippen molar-refractivity contribution >= 4 is 0 Å². The Bertz CT molecular complexity index is 196. The molecule has 2 fully saturated rings. The molecule has 1 aliphatic carbocycles. The van der Waals surface area contributed by atoms with Crippen LogP contribution in [0.15, 0.2) is 0 Å². The van der Waals surface area contributed by atoms with Crippen LogP contribution in [0.1, 0.15) is 25.7 Å². The fourth-order valence-corrected chi connectivity index (χ4v) is 2.64. The maximum atomic E-state index is 12.2. The van der Waals surface area contributed by atoms with Gasteiger partial charge in [-0.1, -0.05) is 6.42 Å². The van der Waals surface area contributed by atoms with Crippen LogP contribution in [0.2, 0.25) is 0 Å². The number of nitrogens with one attached hydrogen (secondary N) is 1. The lowest BCUT2D eigenvalue weighted by atomic mass is 9.62. The van der Waals surface area contributed by atoms with E-state index in [1.165, 1.54) is 0 Å². The summed E-state index contributed by atoms with van der Waals surface area (Å²) < 4.78 is 36.6. The molecule has 1 aliphatic heterocycles. The van der Waals surface area contributed by atoms with Crippen LogP contribution < -0.4 is 5.32 Å². The van der Waals surface area contributed by atoms with Crippen molar-refractivity contribution in [1.29, 1.82) is 0 Å². The lowest BCUT2D eigenvalue weighted by Gasteiger charge is -2.43. The molecular weight excluding hydrogens is 179 g/mol. The first-order valence-corrected chi connectivity index (χ1v) is 4.79. The Balaban J connectivity index is 1.98. The van der Waals surface area contributed by atoms with Crippen LogP contribution in [0.3, 0.4) is 0 Å². The molecule has 1 atom stereocenters. The summed E-state index contributed by atoms with van der Waals surface area (Å²) in [7, 11) is 0. The topological polar surface area (TPSA) is 12.0 Å². The first kappa shape index (κ1) is 9.31. The highest BCUT2D eigenvalue weighted by Gasteiger charge is 2.50. The van der Waals surface area contributed by atoms with Gasteiger partial charge in [-0.3, -0.25) is 0 Å². The Hall–Kier alpha value is -0.250. The quantitative estimate of drug-likeness (QED) is 0.674. The Morgan fingerprint density at radius 3 is 2.46 bits per heavy atom. The maximum Gasteiger partial charge on any atom is 0.389 e. The molecule has 76 valence electrons. The summed E-state index contributed by atoms with van der Waals surface area (Å²) in [5.41, 5.74) is 0.00944. The second-order valence-corrected chi connectivity index (χ2v) is 4.36. The molecule has 1 spiro atoms. The largest absolute Gasteiger partial charge is 0.389 e. The average Bonchev–Trinajstić information content (AvgIpc) is 2.25. The third-order valence-electron chi connectivity index (χ3n) is 3.56. The van der Waals surface area contributed by atoms with Gasteiger partial charge in [-0.05, 0) is 30.7 Å². The molecule has 2 rings (SSSR count). The standard InChI is InChI=1S/C9H14F3N/c10-9(11,12)4-7-5-13-6-8(7)2-1-3-8/h7,13H,1-6H2. The Morgan fingerprint density at radius 2 is 2.00 bits per heavy atom. The van der Waals surface area contributed by atoms with Crippen molar-refractivity contribution < 1.29 is 13.2 Å². The number of halogens is 3. The molecule has 2 aliphatic rings. The molecule has 0 aromatic carbocycles. The molecule has 4 heteroatoms. The highest BCUT2D eigenvalue weighted by molar-refractivity contribution is 5.00.